The van der Waals surface area contributed by atoms with E-state index < -0.39 is 0 Å². The topological polar surface area (TPSA) is 6.48 Å². The summed E-state index contributed by atoms with van der Waals surface area (Å²) >= 11 is 3.74. The van der Waals surface area contributed by atoms with Crippen molar-refractivity contribution in [1.29, 1.82) is 0 Å². The average molecular weight is 759 g/mol. The van der Waals surface area contributed by atoms with Crippen LogP contribution in [0.4, 0.5) is 34.1 Å². The Morgan fingerprint density at radius 3 is 1.68 bits per heavy atom. The molecule has 0 amide bonds. The fourth-order valence-corrected chi connectivity index (χ4v) is 13.6. The molecule has 2 heterocycles. The molecule has 0 atom stereocenters. The molecule has 7 aromatic carbocycles. The van der Waals surface area contributed by atoms with Gasteiger partial charge in [-0.2, -0.15) is 0 Å². The summed E-state index contributed by atoms with van der Waals surface area (Å²) in [6.45, 7) is 0. The van der Waals surface area contributed by atoms with Gasteiger partial charge in [0.05, 0.1) is 17.1 Å². The highest BCUT2D eigenvalue weighted by Crippen LogP contribution is 2.61. The first-order valence-electron chi connectivity index (χ1n) is 20.3. The highest BCUT2D eigenvalue weighted by molar-refractivity contribution is 7.99. The van der Waals surface area contributed by atoms with E-state index in [4.69, 9.17) is 0 Å². The third kappa shape index (κ3) is 5.29. The Balaban J connectivity index is 0.916. The molecule has 56 heavy (non-hydrogen) atoms. The van der Waals surface area contributed by atoms with E-state index in [0.717, 1.165) is 17.8 Å². The first kappa shape index (κ1) is 32.9. The Kier molecular flexibility index (Phi) is 7.57. The molecule has 4 aliphatic carbocycles. The van der Waals surface area contributed by atoms with Gasteiger partial charge in [-0.25, -0.2) is 0 Å². The summed E-state index contributed by atoms with van der Waals surface area (Å²) in [5.74, 6) is 2.82. The minimum absolute atomic E-state index is 0.388. The van der Waals surface area contributed by atoms with E-state index in [1.165, 1.54) is 114 Å². The smallest absolute Gasteiger partial charge is 0.0601 e. The molecule has 272 valence electrons. The van der Waals surface area contributed by atoms with Gasteiger partial charge in [0.1, 0.15) is 0 Å². The summed E-state index contributed by atoms with van der Waals surface area (Å²) in [6, 6.07) is 61.3. The second kappa shape index (κ2) is 12.9. The van der Waals surface area contributed by atoms with Crippen LogP contribution in [-0.4, -0.2) is 0 Å². The lowest BCUT2D eigenvalue weighted by atomic mass is 9.48. The van der Waals surface area contributed by atoms with E-state index in [1.807, 2.05) is 23.1 Å². The normalized spacial score (nSPS) is 22.0. The van der Waals surface area contributed by atoms with Crippen molar-refractivity contribution < 1.29 is 0 Å². The maximum absolute atomic E-state index is 2.50. The van der Waals surface area contributed by atoms with Crippen LogP contribution >= 0.6 is 23.1 Å². The largest absolute Gasteiger partial charge is 0.310 e. The van der Waals surface area contributed by atoms with Crippen molar-refractivity contribution in [2.75, 3.05) is 9.80 Å². The van der Waals surface area contributed by atoms with Gasteiger partial charge in [-0.15, -0.1) is 11.3 Å². The molecule has 4 heteroatoms. The van der Waals surface area contributed by atoms with E-state index in [9.17, 15) is 0 Å². The third-order valence-corrected chi connectivity index (χ3v) is 15.7. The maximum Gasteiger partial charge on any atom is 0.0601 e. The van der Waals surface area contributed by atoms with Gasteiger partial charge in [-0.1, -0.05) is 96.7 Å². The zero-order valence-electron chi connectivity index (χ0n) is 31.3. The lowest BCUT2D eigenvalue weighted by Crippen LogP contribution is -2.48. The molecule has 8 aromatic rings. The zero-order chi connectivity index (χ0) is 36.8. The molecule has 0 radical (unpaired) electrons. The summed E-state index contributed by atoms with van der Waals surface area (Å²) in [5, 5.41) is 2.66. The Hall–Kier alpha value is -5.29. The Morgan fingerprint density at radius 2 is 1.04 bits per heavy atom. The molecule has 5 aliphatic rings. The molecule has 0 unspecified atom stereocenters. The first-order valence-corrected chi connectivity index (χ1v) is 22.0. The van der Waals surface area contributed by atoms with Gasteiger partial charge in [0.15, 0.2) is 0 Å². The van der Waals surface area contributed by atoms with Crippen LogP contribution in [-0.2, 0) is 5.41 Å². The minimum atomic E-state index is 0.388. The third-order valence-electron chi connectivity index (χ3n) is 13.4. The molecule has 0 saturated heterocycles. The fourth-order valence-electron chi connectivity index (χ4n) is 11.4. The van der Waals surface area contributed by atoms with E-state index in [1.54, 1.807) is 5.56 Å². The van der Waals surface area contributed by atoms with Crippen LogP contribution in [0.1, 0.15) is 44.1 Å². The molecule has 0 N–H and O–H groups in total. The first-order chi connectivity index (χ1) is 27.7. The van der Waals surface area contributed by atoms with Crippen LogP contribution in [0.15, 0.2) is 174 Å². The van der Waals surface area contributed by atoms with Gasteiger partial charge >= 0.3 is 0 Å². The Labute approximate surface area is 337 Å². The molecule has 13 rings (SSSR count). The fraction of sp³-hybridized carbons (Fsp3) is 0.192. The summed E-state index contributed by atoms with van der Waals surface area (Å²) in [7, 11) is 0. The molecule has 2 nitrogen and oxygen atoms in total. The van der Waals surface area contributed by atoms with Crippen LogP contribution in [0.3, 0.4) is 0 Å². The van der Waals surface area contributed by atoms with Gasteiger partial charge in [-0.3, -0.25) is 0 Å². The number of thiophene rings is 1. The number of benzene rings is 7. The molecule has 1 aliphatic heterocycles. The lowest BCUT2D eigenvalue weighted by molar-refractivity contribution is -0.00518. The van der Waals surface area contributed by atoms with Gasteiger partial charge in [0.25, 0.3) is 0 Å². The highest BCUT2D eigenvalue weighted by Gasteiger charge is 2.51. The standard InChI is InChI=1S/C52H42N2S2/c1-4-12-47-43(8-1)51-46(11-7-15-50(51)55-47)53(41-26-20-39(21-27-41)52-31-34-28-35(32-52)30-36(29-34)33-52)40-22-16-37(17-23-40)38-18-24-42(25-19-38)54-44-9-2-5-13-48(44)56-49-14-6-3-10-45(49)54/h1-27,34-36H,28-33H2. The second-order valence-electron chi connectivity index (χ2n) is 16.8. The molecule has 4 saturated carbocycles. The summed E-state index contributed by atoms with van der Waals surface area (Å²) < 4.78 is 2.66. The van der Waals surface area contributed by atoms with Crippen molar-refractivity contribution in [3.8, 4) is 11.1 Å². The van der Waals surface area contributed by atoms with Crippen LogP contribution in [0.2, 0.25) is 0 Å². The van der Waals surface area contributed by atoms with Crippen molar-refractivity contribution in [1.82, 2.24) is 0 Å². The van der Waals surface area contributed by atoms with Gasteiger partial charge in [-0.05, 0) is 157 Å². The number of fused-ring (bicyclic) bond motifs is 5. The van der Waals surface area contributed by atoms with Crippen LogP contribution in [0, 0.1) is 17.8 Å². The molecule has 4 fully saturated rings. The van der Waals surface area contributed by atoms with Gasteiger partial charge in [0, 0.05) is 47.0 Å². The van der Waals surface area contributed by atoms with E-state index in [-0.39, 0.29) is 0 Å². The number of rotatable bonds is 6. The minimum Gasteiger partial charge on any atom is -0.310 e. The van der Waals surface area contributed by atoms with Gasteiger partial charge < -0.3 is 9.80 Å². The number of para-hydroxylation sites is 2. The quantitative estimate of drug-likeness (QED) is 0.167. The Morgan fingerprint density at radius 1 is 0.500 bits per heavy atom. The zero-order valence-corrected chi connectivity index (χ0v) is 32.9. The number of hydrogen-bond acceptors (Lipinski definition) is 4. The average Bonchev–Trinajstić information content (AvgIpc) is 3.63. The summed E-state index contributed by atoms with van der Waals surface area (Å²) in [5.41, 5.74) is 11.7. The Bertz CT molecular complexity index is 2680. The molecular weight excluding hydrogens is 717 g/mol. The van der Waals surface area contributed by atoms with Crippen LogP contribution in [0.25, 0.3) is 31.3 Å². The molecule has 0 spiro atoms. The number of nitrogens with zero attached hydrogens (tertiary/aromatic N) is 2. The predicted molar refractivity (Wildman–Crippen MR) is 238 cm³/mol. The van der Waals surface area contributed by atoms with Gasteiger partial charge in [0.2, 0.25) is 0 Å². The summed E-state index contributed by atoms with van der Waals surface area (Å²) in [4.78, 5) is 7.46. The van der Waals surface area contributed by atoms with E-state index >= 15 is 0 Å². The van der Waals surface area contributed by atoms with Crippen molar-refractivity contribution in [2.45, 2.75) is 53.7 Å². The maximum atomic E-state index is 2.50. The van der Waals surface area contributed by atoms with Crippen molar-refractivity contribution in [3.63, 3.8) is 0 Å². The van der Waals surface area contributed by atoms with Crippen LogP contribution < -0.4 is 9.80 Å². The molecule has 1 aromatic heterocycles. The van der Waals surface area contributed by atoms with E-state index in [0.29, 0.717) is 5.41 Å². The monoisotopic (exact) mass is 758 g/mol. The predicted octanol–water partition coefficient (Wildman–Crippen LogP) is 15.6. The van der Waals surface area contributed by atoms with E-state index in [2.05, 4.69) is 174 Å². The number of hydrogen-bond donors (Lipinski definition) is 0. The van der Waals surface area contributed by atoms with Crippen LogP contribution in [0.5, 0.6) is 0 Å². The van der Waals surface area contributed by atoms with Crippen molar-refractivity contribution in [3.05, 3.63) is 169 Å². The lowest BCUT2D eigenvalue weighted by Gasteiger charge is -2.57. The molecular formula is C52H42N2S2. The highest BCUT2D eigenvalue weighted by atomic mass is 32.2. The second-order valence-corrected chi connectivity index (χ2v) is 19.0. The molecule has 4 bridgehead atoms. The van der Waals surface area contributed by atoms with Crippen molar-refractivity contribution in [2.24, 2.45) is 17.8 Å². The number of anilines is 6. The van der Waals surface area contributed by atoms with Crippen molar-refractivity contribution >= 4 is 77.4 Å². The summed E-state index contributed by atoms with van der Waals surface area (Å²) in [6.07, 6.45) is 8.60. The SMILES string of the molecule is c1ccc2c(c1)Sc1ccccc1N2c1ccc(-c2ccc(N(c3ccc(C45CC6CC(CC(C6)C4)C5)cc3)c3cccc4sc5ccccc5c34)cc2)cc1.